The predicted molar refractivity (Wildman–Crippen MR) is 103 cm³/mol. The number of rotatable bonds is 6. The van der Waals surface area contributed by atoms with E-state index in [1.54, 1.807) is 25.4 Å². The number of guanidine groups is 1. The smallest absolute Gasteiger partial charge is 0.387 e. The van der Waals surface area contributed by atoms with Gasteiger partial charge in [-0.1, -0.05) is 36.7 Å². The van der Waals surface area contributed by atoms with Gasteiger partial charge in [-0.3, -0.25) is 4.99 Å². The van der Waals surface area contributed by atoms with Gasteiger partial charge in [0.15, 0.2) is 5.96 Å². The summed E-state index contributed by atoms with van der Waals surface area (Å²) in [5, 5.41) is 6.14. The first-order valence-electron chi connectivity index (χ1n) is 8.32. The standard InChI is InChI=1S/C18H23BrF2N4O2/c1-18(2,3)14-9-23-15(27-14)10-25-17(22-4)24-8-11-7-12(19)5-6-13(11)26-16(20)21/h5-7,9,16H,8,10H2,1-4H3,(H2,22,24,25). The van der Waals surface area contributed by atoms with Crippen LogP contribution < -0.4 is 15.4 Å². The fraction of sp³-hybridized carbons (Fsp3) is 0.444. The van der Waals surface area contributed by atoms with Crippen molar-refractivity contribution in [1.29, 1.82) is 0 Å². The van der Waals surface area contributed by atoms with Crippen molar-refractivity contribution in [2.75, 3.05) is 7.05 Å². The van der Waals surface area contributed by atoms with Crippen LogP contribution in [0.5, 0.6) is 5.75 Å². The molecule has 0 spiro atoms. The van der Waals surface area contributed by atoms with Crippen molar-refractivity contribution < 1.29 is 17.9 Å². The Morgan fingerprint density at radius 3 is 2.59 bits per heavy atom. The van der Waals surface area contributed by atoms with E-state index in [9.17, 15) is 8.78 Å². The van der Waals surface area contributed by atoms with Gasteiger partial charge in [0.05, 0.1) is 12.7 Å². The Labute approximate surface area is 165 Å². The van der Waals surface area contributed by atoms with Crippen molar-refractivity contribution >= 4 is 21.9 Å². The maximum absolute atomic E-state index is 12.6. The Kier molecular flexibility index (Phi) is 7.18. The Morgan fingerprint density at radius 2 is 2.00 bits per heavy atom. The number of benzene rings is 1. The molecule has 0 saturated heterocycles. The van der Waals surface area contributed by atoms with Gasteiger partial charge in [-0.2, -0.15) is 8.78 Å². The van der Waals surface area contributed by atoms with E-state index in [2.05, 4.69) is 41.3 Å². The van der Waals surface area contributed by atoms with Crippen molar-refractivity contribution in [3.05, 3.63) is 46.1 Å². The third-order valence-electron chi connectivity index (χ3n) is 3.61. The topological polar surface area (TPSA) is 71.7 Å². The number of hydrogen-bond donors (Lipinski definition) is 2. The van der Waals surface area contributed by atoms with E-state index in [0.29, 0.717) is 24.0 Å². The highest BCUT2D eigenvalue weighted by Gasteiger charge is 2.19. The SMILES string of the molecule is CN=C(NCc1ncc(C(C)(C)C)o1)NCc1cc(Br)ccc1OC(F)F. The molecule has 0 bridgehead atoms. The van der Waals surface area contributed by atoms with E-state index in [1.807, 2.05) is 20.8 Å². The van der Waals surface area contributed by atoms with E-state index in [0.717, 1.165) is 10.2 Å². The molecule has 27 heavy (non-hydrogen) atoms. The maximum Gasteiger partial charge on any atom is 0.387 e. The average Bonchev–Trinajstić information content (AvgIpc) is 3.06. The Bertz CT molecular complexity index is 788. The number of aromatic nitrogens is 1. The zero-order valence-electron chi connectivity index (χ0n) is 15.6. The Balaban J connectivity index is 1.96. The zero-order valence-corrected chi connectivity index (χ0v) is 17.2. The molecular weight excluding hydrogens is 422 g/mol. The number of oxazole rings is 1. The van der Waals surface area contributed by atoms with E-state index in [1.165, 1.54) is 6.07 Å². The molecule has 2 rings (SSSR count). The molecule has 0 radical (unpaired) electrons. The van der Waals surface area contributed by atoms with Gasteiger partial charge in [0.25, 0.3) is 0 Å². The summed E-state index contributed by atoms with van der Waals surface area (Å²) in [6, 6.07) is 4.84. The van der Waals surface area contributed by atoms with E-state index in [4.69, 9.17) is 4.42 Å². The molecule has 0 atom stereocenters. The number of ether oxygens (including phenoxy) is 1. The van der Waals surface area contributed by atoms with E-state index in [-0.39, 0.29) is 17.7 Å². The van der Waals surface area contributed by atoms with Gasteiger partial charge in [0.2, 0.25) is 5.89 Å². The van der Waals surface area contributed by atoms with Crippen molar-refractivity contribution in [2.24, 2.45) is 4.99 Å². The predicted octanol–water partition coefficient (Wildman–Crippen LogP) is 4.20. The molecule has 1 heterocycles. The van der Waals surface area contributed by atoms with Crippen molar-refractivity contribution in [3.63, 3.8) is 0 Å². The Hall–Kier alpha value is -2.16. The third kappa shape index (κ3) is 6.50. The van der Waals surface area contributed by atoms with Crippen LogP contribution in [0.3, 0.4) is 0 Å². The summed E-state index contributed by atoms with van der Waals surface area (Å²) >= 11 is 3.33. The summed E-state index contributed by atoms with van der Waals surface area (Å²) in [5.74, 6) is 1.92. The van der Waals surface area contributed by atoms with Crippen LogP contribution in [0.25, 0.3) is 0 Å². The van der Waals surface area contributed by atoms with Crippen LogP contribution in [0.1, 0.15) is 38.0 Å². The first-order valence-corrected chi connectivity index (χ1v) is 9.11. The number of nitrogens with one attached hydrogen (secondary N) is 2. The number of hydrogen-bond acceptors (Lipinski definition) is 4. The number of halogens is 3. The first kappa shape index (κ1) is 21.1. The quantitative estimate of drug-likeness (QED) is 0.515. The summed E-state index contributed by atoms with van der Waals surface area (Å²) in [4.78, 5) is 8.36. The molecule has 0 saturated carbocycles. The lowest BCUT2D eigenvalue weighted by Crippen LogP contribution is -2.36. The van der Waals surface area contributed by atoms with Crippen LogP contribution >= 0.6 is 15.9 Å². The highest BCUT2D eigenvalue weighted by atomic mass is 79.9. The summed E-state index contributed by atoms with van der Waals surface area (Å²) in [7, 11) is 1.61. The lowest BCUT2D eigenvalue weighted by molar-refractivity contribution is -0.0504. The second-order valence-corrected chi connectivity index (χ2v) is 7.69. The monoisotopic (exact) mass is 444 g/mol. The van der Waals surface area contributed by atoms with Gasteiger partial charge in [0, 0.05) is 29.0 Å². The molecule has 0 fully saturated rings. The molecule has 1 aromatic heterocycles. The lowest BCUT2D eigenvalue weighted by atomic mass is 9.94. The molecule has 9 heteroatoms. The van der Waals surface area contributed by atoms with Crippen LogP contribution in [0.4, 0.5) is 8.78 Å². The zero-order chi connectivity index (χ0) is 20.0. The molecule has 1 aromatic carbocycles. The fourth-order valence-corrected chi connectivity index (χ4v) is 2.60. The highest BCUT2D eigenvalue weighted by molar-refractivity contribution is 9.10. The van der Waals surface area contributed by atoms with E-state index >= 15 is 0 Å². The molecule has 2 N–H and O–H groups in total. The molecule has 6 nitrogen and oxygen atoms in total. The molecule has 148 valence electrons. The summed E-state index contributed by atoms with van der Waals surface area (Å²) in [5.41, 5.74) is 0.450. The average molecular weight is 445 g/mol. The van der Waals surface area contributed by atoms with Crippen LogP contribution in [0, 0.1) is 0 Å². The van der Waals surface area contributed by atoms with Crippen LogP contribution in [-0.2, 0) is 18.5 Å². The summed E-state index contributed by atoms with van der Waals surface area (Å²) < 4.78 is 36.1. The number of nitrogens with zero attached hydrogens (tertiary/aromatic N) is 2. The van der Waals surface area contributed by atoms with Crippen LogP contribution in [-0.4, -0.2) is 24.6 Å². The largest absolute Gasteiger partial charge is 0.443 e. The minimum Gasteiger partial charge on any atom is -0.443 e. The van der Waals surface area contributed by atoms with Crippen molar-refractivity contribution in [3.8, 4) is 5.75 Å². The van der Waals surface area contributed by atoms with Gasteiger partial charge >= 0.3 is 6.61 Å². The molecular formula is C18H23BrF2N4O2. The lowest BCUT2D eigenvalue weighted by Gasteiger charge is -2.15. The minimum atomic E-state index is -2.88. The van der Waals surface area contributed by atoms with Crippen LogP contribution in [0.15, 0.2) is 38.3 Å². The number of alkyl halides is 2. The maximum atomic E-state index is 12.6. The summed E-state index contributed by atoms with van der Waals surface area (Å²) in [6.07, 6.45) is 1.71. The molecule has 0 unspecified atom stereocenters. The molecule has 0 aliphatic heterocycles. The highest BCUT2D eigenvalue weighted by Crippen LogP contribution is 2.25. The first-order chi connectivity index (χ1) is 12.7. The second kappa shape index (κ2) is 9.16. The third-order valence-corrected chi connectivity index (χ3v) is 4.10. The molecule has 0 aliphatic carbocycles. The van der Waals surface area contributed by atoms with Crippen LogP contribution in [0.2, 0.25) is 0 Å². The minimum absolute atomic E-state index is 0.110. The molecule has 2 aromatic rings. The van der Waals surface area contributed by atoms with Gasteiger partial charge < -0.3 is 19.8 Å². The summed E-state index contributed by atoms with van der Waals surface area (Å²) in [6.45, 7) is 3.84. The molecule has 0 aliphatic rings. The van der Waals surface area contributed by atoms with E-state index < -0.39 is 6.61 Å². The van der Waals surface area contributed by atoms with Crippen molar-refractivity contribution in [1.82, 2.24) is 15.6 Å². The number of aliphatic imine (C=N–C) groups is 1. The Morgan fingerprint density at radius 1 is 1.30 bits per heavy atom. The van der Waals surface area contributed by atoms with Gasteiger partial charge in [-0.25, -0.2) is 4.98 Å². The van der Waals surface area contributed by atoms with Crippen molar-refractivity contribution in [2.45, 2.75) is 45.9 Å². The van der Waals surface area contributed by atoms with Gasteiger partial charge in [-0.05, 0) is 18.2 Å². The van der Waals surface area contributed by atoms with Gasteiger partial charge in [0.1, 0.15) is 11.5 Å². The van der Waals surface area contributed by atoms with Gasteiger partial charge in [-0.15, -0.1) is 0 Å². The normalized spacial score (nSPS) is 12.4. The second-order valence-electron chi connectivity index (χ2n) is 6.78. The fourth-order valence-electron chi connectivity index (χ4n) is 2.19. The molecule has 0 amide bonds.